The van der Waals surface area contributed by atoms with Crippen LogP contribution in [0.1, 0.15) is 45.4 Å². The Labute approximate surface area is 90.5 Å². The maximum atomic E-state index is 10.8. The van der Waals surface area contributed by atoms with E-state index in [0.29, 0.717) is 0 Å². The summed E-state index contributed by atoms with van der Waals surface area (Å²) in [5.41, 5.74) is -0.942. The van der Waals surface area contributed by atoms with Crippen LogP contribution in [0.3, 0.4) is 0 Å². The van der Waals surface area contributed by atoms with E-state index in [1.165, 1.54) is 6.42 Å². The van der Waals surface area contributed by atoms with Crippen molar-refractivity contribution in [1.29, 1.82) is 0 Å². The van der Waals surface area contributed by atoms with E-state index in [1.54, 1.807) is 0 Å². The molecule has 2 bridgehead atoms. The predicted octanol–water partition coefficient (Wildman–Crippen LogP) is 2.04. The van der Waals surface area contributed by atoms with E-state index in [4.69, 9.17) is 5.11 Å². The second kappa shape index (κ2) is 3.78. The number of carboxylic acids is 1. The van der Waals surface area contributed by atoms with Crippen molar-refractivity contribution in [3.05, 3.63) is 0 Å². The molecule has 0 spiro atoms. The molecule has 0 heterocycles. The molecule has 0 aliphatic heterocycles. The second-order valence-corrected chi connectivity index (χ2v) is 5.43. The third kappa shape index (κ3) is 1.89. The van der Waals surface area contributed by atoms with E-state index in [0.717, 1.165) is 31.6 Å². The molecule has 0 saturated heterocycles. The summed E-state index contributed by atoms with van der Waals surface area (Å²) in [6, 6.07) is 0. The van der Waals surface area contributed by atoms with Gasteiger partial charge in [0.2, 0.25) is 0 Å². The lowest BCUT2D eigenvalue weighted by molar-refractivity contribution is -0.159. The van der Waals surface area contributed by atoms with Crippen LogP contribution >= 0.6 is 0 Å². The fourth-order valence-corrected chi connectivity index (χ4v) is 3.63. The molecule has 0 aromatic carbocycles. The molecular weight excluding hydrogens is 192 g/mol. The average Bonchev–Trinajstić information content (AvgIpc) is 2.15. The molecule has 0 aromatic rings. The van der Waals surface area contributed by atoms with Gasteiger partial charge in [0.1, 0.15) is 0 Å². The molecule has 2 fully saturated rings. The number of rotatable bonds is 2. The third-order valence-electron chi connectivity index (χ3n) is 4.46. The molecule has 2 rings (SSSR count). The zero-order valence-corrected chi connectivity index (χ0v) is 9.28. The van der Waals surface area contributed by atoms with Crippen LogP contribution in [0.4, 0.5) is 0 Å². The van der Waals surface area contributed by atoms with E-state index in [2.05, 4.69) is 0 Å². The van der Waals surface area contributed by atoms with Gasteiger partial charge in [0, 0.05) is 0 Å². The highest BCUT2D eigenvalue weighted by Gasteiger charge is 2.49. The quantitative estimate of drug-likeness (QED) is 0.736. The average molecular weight is 212 g/mol. The Hall–Kier alpha value is -0.570. The van der Waals surface area contributed by atoms with E-state index in [1.807, 2.05) is 6.92 Å². The van der Waals surface area contributed by atoms with Crippen LogP contribution in [0.15, 0.2) is 0 Å². The summed E-state index contributed by atoms with van der Waals surface area (Å²) >= 11 is 0. The lowest BCUT2D eigenvalue weighted by atomic mass is 9.59. The SMILES string of the molecule is CC1CC2CCCC(C2)C1(O)CC(=O)O. The molecule has 2 N–H and O–H groups in total. The number of aliphatic carboxylic acids is 1. The third-order valence-corrected chi connectivity index (χ3v) is 4.46. The van der Waals surface area contributed by atoms with Gasteiger partial charge in [-0.1, -0.05) is 19.8 Å². The molecular formula is C12H20O3. The van der Waals surface area contributed by atoms with Gasteiger partial charge in [0.15, 0.2) is 0 Å². The molecule has 3 nitrogen and oxygen atoms in total. The fourth-order valence-electron chi connectivity index (χ4n) is 3.63. The first-order valence-corrected chi connectivity index (χ1v) is 5.96. The Kier molecular flexibility index (Phi) is 2.75. The van der Waals surface area contributed by atoms with E-state index < -0.39 is 11.6 Å². The van der Waals surface area contributed by atoms with Crippen LogP contribution in [0, 0.1) is 17.8 Å². The van der Waals surface area contributed by atoms with Gasteiger partial charge in [-0.05, 0) is 37.0 Å². The molecule has 4 atom stereocenters. The molecule has 0 radical (unpaired) electrons. The number of hydrogen-bond donors (Lipinski definition) is 2. The van der Waals surface area contributed by atoms with E-state index in [9.17, 15) is 9.90 Å². The van der Waals surface area contributed by atoms with Crippen molar-refractivity contribution in [1.82, 2.24) is 0 Å². The van der Waals surface area contributed by atoms with Gasteiger partial charge in [-0.3, -0.25) is 4.79 Å². The Morgan fingerprint density at radius 3 is 2.80 bits per heavy atom. The highest BCUT2D eigenvalue weighted by molar-refractivity contribution is 5.68. The zero-order valence-electron chi connectivity index (χ0n) is 9.28. The molecule has 0 aromatic heterocycles. The first-order chi connectivity index (χ1) is 7.02. The maximum Gasteiger partial charge on any atom is 0.306 e. The number of aliphatic hydroxyl groups is 1. The van der Waals surface area contributed by atoms with Gasteiger partial charge in [0.25, 0.3) is 0 Å². The van der Waals surface area contributed by atoms with Gasteiger partial charge in [0.05, 0.1) is 12.0 Å². The van der Waals surface area contributed by atoms with Crippen LogP contribution in [0.5, 0.6) is 0 Å². The summed E-state index contributed by atoms with van der Waals surface area (Å²) in [5.74, 6) is 0.218. The molecule has 86 valence electrons. The van der Waals surface area contributed by atoms with Crippen molar-refractivity contribution in [2.75, 3.05) is 0 Å². The van der Waals surface area contributed by atoms with Crippen molar-refractivity contribution in [3.63, 3.8) is 0 Å². The van der Waals surface area contributed by atoms with Gasteiger partial charge < -0.3 is 10.2 Å². The summed E-state index contributed by atoms with van der Waals surface area (Å²) in [6.45, 7) is 2.01. The topological polar surface area (TPSA) is 57.5 Å². The Morgan fingerprint density at radius 1 is 1.40 bits per heavy atom. The van der Waals surface area contributed by atoms with Gasteiger partial charge >= 0.3 is 5.97 Å². The smallest absolute Gasteiger partial charge is 0.306 e. The number of carbonyl (C=O) groups is 1. The normalized spacial score (nSPS) is 45.1. The largest absolute Gasteiger partial charge is 0.481 e. The highest BCUT2D eigenvalue weighted by atomic mass is 16.4. The summed E-state index contributed by atoms with van der Waals surface area (Å²) in [6.07, 6.45) is 5.39. The molecule has 2 aliphatic rings. The molecule has 0 amide bonds. The van der Waals surface area contributed by atoms with Gasteiger partial charge in [-0.2, -0.15) is 0 Å². The number of hydrogen-bond acceptors (Lipinski definition) is 2. The van der Waals surface area contributed by atoms with Crippen molar-refractivity contribution >= 4 is 5.97 Å². The number of carboxylic acid groups (broad SMARTS) is 1. The van der Waals surface area contributed by atoms with Crippen molar-refractivity contribution < 1.29 is 15.0 Å². The monoisotopic (exact) mass is 212 g/mol. The van der Waals surface area contributed by atoms with E-state index >= 15 is 0 Å². The highest BCUT2D eigenvalue weighted by Crippen LogP contribution is 2.49. The molecule has 2 aliphatic carbocycles. The molecule has 3 heteroatoms. The maximum absolute atomic E-state index is 10.8. The van der Waals surface area contributed by atoms with Crippen LogP contribution in [0.2, 0.25) is 0 Å². The van der Waals surface area contributed by atoms with Crippen LogP contribution in [0.25, 0.3) is 0 Å². The number of fused-ring (bicyclic) bond motifs is 2. The first kappa shape index (κ1) is 10.9. The Bertz CT molecular complexity index is 262. The van der Waals surface area contributed by atoms with Crippen molar-refractivity contribution in [2.45, 2.75) is 51.0 Å². The molecule has 4 unspecified atom stereocenters. The molecule has 15 heavy (non-hydrogen) atoms. The van der Waals surface area contributed by atoms with E-state index in [-0.39, 0.29) is 18.3 Å². The fraction of sp³-hybridized carbons (Fsp3) is 0.917. The lowest BCUT2D eigenvalue weighted by Gasteiger charge is -2.49. The summed E-state index contributed by atoms with van der Waals surface area (Å²) in [7, 11) is 0. The van der Waals surface area contributed by atoms with Crippen molar-refractivity contribution in [2.24, 2.45) is 17.8 Å². The minimum atomic E-state index is -0.942. The summed E-state index contributed by atoms with van der Waals surface area (Å²) in [4.78, 5) is 10.8. The minimum Gasteiger partial charge on any atom is -0.481 e. The lowest BCUT2D eigenvalue weighted by Crippen LogP contribution is -2.51. The van der Waals surface area contributed by atoms with Crippen LogP contribution < -0.4 is 0 Å². The summed E-state index contributed by atoms with van der Waals surface area (Å²) in [5, 5.41) is 19.4. The second-order valence-electron chi connectivity index (χ2n) is 5.43. The Morgan fingerprint density at radius 2 is 2.13 bits per heavy atom. The first-order valence-electron chi connectivity index (χ1n) is 5.96. The van der Waals surface area contributed by atoms with Crippen LogP contribution in [-0.4, -0.2) is 21.8 Å². The zero-order chi connectivity index (χ0) is 11.1. The molecule has 2 saturated carbocycles. The predicted molar refractivity (Wildman–Crippen MR) is 56.4 cm³/mol. The van der Waals surface area contributed by atoms with Gasteiger partial charge in [-0.25, -0.2) is 0 Å². The standard InChI is InChI=1S/C12H20O3/c1-8-5-9-3-2-4-10(6-9)12(8,15)7-11(13)14/h8-10,15H,2-7H2,1H3,(H,13,14). The summed E-state index contributed by atoms with van der Waals surface area (Å²) < 4.78 is 0. The minimum absolute atomic E-state index is 0.0778. The van der Waals surface area contributed by atoms with Gasteiger partial charge in [-0.15, -0.1) is 0 Å². The Balaban J connectivity index is 2.17. The van der Waals surface area contributed by atoms with Crippen molar-refractivity contribution in [3.8, 4) is 0 Å². The van der Waals surface area contributed by atoms with Crippen LogP contribution in [-0.2, 0) is 4.79 Å².